The number of hydrogen-bond acceptors (Lipinski definition) is 12. The highest BCUT2D eigenvalue weighted by atomic mass is 79.9. The summed E-state index contributed by atoms with van der Waals surface area (Å²) in [4.78, 5) is 28.9. The number of furan rings is 2. The molecule has 0 amide bonds. The molecule has 118 heavy (non-hydrogen) atoms. The zero-order valence-corrected chi connectivity index (χ0v) is 67.8. The van der Waals surface area contributed by atoms with Gasteiger partial charge >= 0.3 is 7.12 Å². The minimum atomic E-state index is -0.578. The molecule has 0 saturated carbocycles. The molecule has 1 aliphatic heterocycles. The normalized spacial score (nSPS) is 14.1. The molecule has 5 heterocycles. The molecule has 12 nitrogen and oxygen atoms in total. The second kappa shape index (κ2) is 29.5. The number of aromatic nitrogens is 6. The molecular weight excluding hydrogens is 1520 g/mol. The predicted molar refractivity (Wildman–Crippen MR) is 478 cm³/mol. The van der Waals surface area contributed by atoms with Gasteiger partial charge < -0.3 is 18.1 Å². The van der Waals surface area contributed by atoms with E-state index in [0.717, 1.165) is 121 Å². The molecule has 0 atom stereocenters. The molecule has 14 heteroatoms. The summed E-state index contributed by atoms with van der Waals surface area (Å²) >= 11 is 3.47. The molecule has 0 unspecified atom stereocenters. The molecule has 4 aromatic heterocycles. The molecule has 1 fully saturated rings. The fourth-order valence-electron chi connectivity index (χ4n) is 16.8. The maximum absolute atomic E-state index is 9.66. The summed E-state index contributed by atoms with van der Waals surface area (Å²) < 4.78 is 27.5. The van der Waals surface area contributed by atoms with E-state index in [1.165, 1.54) is 44.5 Å². The average molecular weight is 1590 g/mol. The average Bonchev–Trinajstić information content (AvgIpc) is 1.57. The standard InChI is InChI=1S/C49H32N4O.C34H30BNO3.C21H14BrN3/c1-49(2)41-27-30(29-50)17-23-37(41)38-24-22-35(28-42(38)49)36-25-26-40-39-15-9-10-16-43(39)54-45(40)44(36)31-18-20-34(21-19-31)48-52-46(32-11-5-3-6-12-32)51-47(53-48)33-13-7-4-8-14-33;1-32(2)27-17-20(19-36)11-13-23(27)24-14-12-21(18-28(24)32)22-15-16-26-25-9-7-8-10-29(25)37-31(26)30(22)35-38-33(3,4)34(5,6)39-35;22-18-13-11-17(12-14-18)21-24-19(15-7-3-1-4-8-15)23-20(25-21)16-9-5-2-6-10-16/h3-28H,1-2H3;7-18H,1-6H3;1-14H. The minimum Gasteiger partial charge on any atom is -0.456 e. The lowest BCUT2D eigenvalue weighted by Gasteiger charge is -2.32. The van der Waals surface area contributed by atoms with Crippen LogP contribution in [0.25, 0.3) is 168 Å². The first kappa shape index (κ1) is 74.3. The van der Waals surface area contributed by atoms with Crippen molar-refractivity contribution >= 4 is 72.4 Å². The van der Waals surface area contributed by atoms with E-state index in [1.807, 2.05) is 200 Å². The molecular formula is C104H76BBrN8O4. The Hall–Kier alpha value is -13.9. The lowest BCUT2D eigenvalue weighted by atomic mass is 9.72. The number of fused-ring (bicyclic) bond motifs is 12. The molecule has 1 saturated heterocycles. The second-order valence-corrected chi connectivity index (χ2v) is 33.1. The first-order valence-electron chi connectivity index (χ1n) is 39.5. The zero-order chi connectivity index (χ0) is 80.8. The number of nitrogens with zero attached hydrogens (tertiary/aromatic N) is 8. The summed E-state index contributed by atoms with van der Waals surface area (Å²) in [7, 11) is -0.578. The van der Waals surface area contributed by atoms with E-state index in [-0.39, 0.29) is 10.8 Å². The number of benzene rings is 14. The number of rotatable bonds is 10. The third-order valence-electron chi connectivity index (χ3n) is 23.8. The van der Waals surface area contributed by atoms with E-state index in [4.69, 9.17) is 43.1 Å². The van der Waals surface area contributed by atoms with Gasteiger partial charge in [-0.2, -0.15) is 10.5 Å². The van der Waals surface area contributed by atoms with Crippen molar-refractivity contribution in [2.75, 3.05) is 0 Å². The quantitative estimate of drug-likeness (QED) is 0.119. The number of halogens is 1. The molecule has 18 aromatic rings. The Labute approximate surface area is 693 Å². The third-order valence-corrected chi connectivity index (χ3v) is 24.3. The van der Waals surface area contributed by atoms with E-state index >= 15 is 0 Å². The Morgan fingerprint density at radius 1 is 0.288 bits per heavy atom. The van der Waals surface area contributed by atoms with E-state index in [1.54, 1.807) is 0 Å². The van der Waals surface area contributed by atoms with Gasteiger partial charge in [0.25, 0.3) is 0 Å². The van der Waals surface area contributed by atoms with Gasteiger partial charge in [-0.1, -0.05) is 286 Å². The summed E-state index contributed by atoms with van der Waals surface area (Å²) in [5.41, 5.74) is 25.9. The maximum Gasteiger partial charge on any atom is 0.499 e. The van der Waals surface area contributed by atoms with E-state index < -0.39 is 18.3 Å². The van der Waals surface area contributed by atoms with Crippen LogP contribution in [-0.2, 0) is 20.1 Å². The van der Waals surface area contributed by atoms with Crippen molar-refractivity contribution in [3.63, 3.8) is 0 Å². The molecule has 3 aliphatic rings. The van der Waals surface area contributed by atoms with Gasteiger partial charge in [0, 0.05) is 81.3 Å². The number of para-hydroxylation sites is 2. The molecule has 2 aliphatic carbocycles. The Kier molecular flexibility index (Phi) is 18.5. The van der Waals surface area contributed by atoms with Crippen LogP contribution in [0.2, 0.25) is 0 Å². The molecule has 0 radical (unpaired) electrons. The summed E-state index contributed by atoms with van der Waals surface area (Å²) in [5.74, 6) is 3.88. The second-order valence-electron chi connectivity index (χ2n) is 32.2. The lowest BCUT2D eigenvalue weighted by Crippen LogP contribution is -2.41. The highest BCUT2D eigenvalue weighted by molar-refractivity contribution is 9.10. The van der Waals surface area contributed by atoms with Crippen LogP contribution in [-0.4, -0.2) is 48.2 Å². The fourth-order valence-corrected chi connectivity index (χ4v) is 17.0. The first-order chi connectivity index (χ1) is 57.3. The van der Waals surface area contributed by atoms with Crippen LogP contribution in [0.4, 0.5) is 0 Å². The molecule has 0 spiro atoms. The van der Waals surface area contributed by atoms with Crippen LogP contribution < -0.4 is 5.46 Å². The van der Waals surface area contributed by atoms with Gasteiger partial charge in [-0.25, -0.2) is 29.9 Å². The fraction of sp³-hybridized carbons (Fsp3) is 0.115. The van der Waals surface area contributed by atoms with Gasteiger partial charge in [0.1, 0.15) is 22.3 Å². The largest absolute Gasteiger partial charge is 0.499 e. The number of nitriles is 2. The van der Waals surface area contributed by atoms with Gasteiger partial charge in [0.05, 0.1) is 34.5 Å². The number of hydrogen-bond donors (Lipinski definition) is 0. The van der Waals surface area contributed by atoms with Gasteiger partial charge in [-0.15, -0.1) is 0 Å². The zero-order valence-electron chi connectivity index (χ0n) is 66.2. The summed E-state index contributed by atoms with van der Waals surface area (Å²) in [5, 5.41) is 23.5. The van der Waals surface area contributed by atoms with Gasteiger partial charge in [0.2, 0.25) is 0 Å². The molecule has 566 valence electrons. The van der Waals surface area contributed by atoms with E-state index in [9.17, 15) is 10.5 Å². The smallest absolute Gasteiger partial charge is 0.456 e. The van der Waals surface area contributed by atoms with Crippen LogP contribution in [0.1, 0.15) is 88.8 Å². The SMILES string of the molecule is Brc1ccc(-c2nc(-c3ccccc3)nc(-c3ccccc3)n2)cc1.CC1(C)c2cc(C#N)ccc2-c2ccc(-c3ccc4c(oc5ccccc54)c3-c3ccc(-c4nc(-c5ccccc5)nc(-c5ccccc5)n4)cc3)cc21.CC1(C)c2cc(C#N)ccc2-c2ccc(-c3ccc4c(oc5ccccc54)c3B3OC(C)(C)C(C)(C)O3)cc21. The molecule has 21 rings (SSSR count). The first-order valence-corrected chi connectivity index (χ1v) is 40.3. The van der Waals surface area contributed by atoms with Crippen molar-refractivity contribution in [1.29, 1.82) is 10.5 Å². The van der Waals surface area contributed by atoms with Crippen molar-refractivity contribution in [1.82, 2.24) is 29.9 Å². The van der Waals surface area contributed by atoms with Crippen LogP contribution in [0.15, 0.2) is 329 Å². The Balaban J connectivity index is 0.000000126. The van der Waals surface area contributed by atoms with E-state index in [0.29, 0.717) is 46.1 Å². The van der Waals surface area contributed by atoms with Gasteiger partial charge in [0.15, 0.2) is 34.9 Å². The summed E-state index contributed by atoms with van der Waals surface area (Å²) in [6.45, 7) is 17.3. The van der Waals surface area contributed by atoms with Gasteiger partial charge in [-0.05, 0) is 173 Å². The minimum absolute atomic E-state index is 0.235. The molecule has 14 aromatic carbocycles. The van der Waals surface area contributed by atoms with Crippen molar-refractivity contribution in [2.45, 2.75) is 77.4 Å². The molecule has 0 bridgehead atoms. The monoisotopic (exact) mass is 1590 g/mol. The summed E-state index contributed by atoms with van der Waals surface area (Å²) in [6, 6.07) is 112. The van der Waals surface area contributed by atoms with Crippen LogP contribution in [0.3, 0.4) is 0 Å². The van der Waals surface area contributed by atoms with Crippen LogP contribution in [0.5, 0.6) is 0 Å². The van der Waals surface area contributed by atoms with Crippen LogP contribution >= 0.6 is 15.9 Å². The van der Waals surface area contributed by atoms with Crippen molar-refractivity contribution < 1.29 is 18.1 Å². The Bertz CT molecular complexity index is 6960. The van der Waals surface area contributed by atoms with Crippen molar-refractivity contribution in [3.8, 4) is 136 Å². The predicted octanol–water partition coefficient (Wildman–Crippen LogP) is 25.6. The Morgan fingerprint density at radius 3 is 1.00 bits per heavy atom. The topological polar surface area (TPSA) is 170 Å². The third kappa shape index (κ3) is 13.2. The van der Waals surface area contributed by atoms with Gasteiger partial charge in [-0.3, -0.25) is 0 Å². The highest BCUT2D eigenvalue weighted by Gasteiger charge is 2.53. The summed E-state index contributed by atoms with van der Waals surface area (Å²) in [6.07, 6.45) is 0. The van der Waals surface area contributed by atoms with E-state index in [2.05, 4.69) is 204 Å². The maximum atomic E-state index is 9.66. The van der Waals surface area contributed by atoms with Crippen molar-refractivity contribution in [2.24, 2.45) is 0 Å². The van der Waals surface area contributed by atoms with Crippen molar-refractivity contribution in [3.05, 3.63) is 353 Å². The van der Waals surface area contributed by atoms with Crippen LogP contribution in [0, 0.1) is 22.7 Å². The Morgan fingerprint density at radius 2 is 0.593 bits per heavy atom. The highest BCUT2D eigenvalue weighted by Crippen LogP contribution is 2.53. The lowest BCUT2D eigenvalue weighted by molar-refractivity contribution is 0.00578. The molecule has 0 N–H and O–H groups in total.